The Morgan fingerprint density at radius 2 is 2.06 bits per heavy atom. The first-order valence-electron chi connectivity index (χ1n) is 4.40. The largest absolute Gasteiger partial charge is 0.295 e. The molecule has 0 heterocycles. The Morgan fingerprint density at radius 1 is 1.50 bits per heavy atom. The van der Waals surface area contributed by atoms with E-state index in [1.165, 1.54) is 31.2 Å². The molecule has 1 unspecified atom stereocenters. The fraction of sp³-hybridized carbons (Fsp3) is 0.200. The SMILES string of the molecule is CC(=O)SC([CH-][N+](=O)[O-])c1ccc(F)cc1. The van der Waals surface area contributed by atoms with Gasteiger partial charge < -0.3 is 0 Å². The van der Waals surface area contributed by atoms with Crippen LogP contribution in [0, 0.1) is 22.5 Å². The minimum absolute atomic E-state index is 0.229. The van der Waals surface area contributed by atoms with Crippen molar-refractivity contribution < 1.29 is 14.1 Å². The first kappa shape index (κ1) is 12.5. The van der Waals surface area contributed by atoms with Crippen LogP contribution in [0.5, 0.6) is 0 Å². The van der Waals surface area contributed by atoms with Crippen LogP contribution in [-0.4, -0.2) is 10.0 Å². The first-order chi connectivity index (χ1) is 7.49. The van der Waals surface area contributed by atoms with Gasteiger partial charge in [-0.05, 0) is 23.9 Å². The van der Waals surface area contributed by atoms with Gasteiger partial charge in [0.25, 0.3) is 0 Å². The molecule has 0 bridgehead atoms. The van der Waals surface area contributed by atoms with Crippen molar-refractivity contribution >= 4 is 16.9 Å². The third-order valence-electron chi connectivity index (χ3n) is 1.75. The van der Waals surface area contributed by atoms with E-state index in [1.807, 2.05) is 0 Å². The molecule has 1 atom stereocenters. The van der Waals surface area contributed by atoms with Gasteiger partial charge in [-0.15, -0.1) is 16.7 Å². The topological polar surface area (TPSA) is 60.2 Å². The predicted octanol–water partition coefficient (Wildman–Crippen LogP) is 2.58. The molecule has 0 fully saturated rings. The number of hydrogen-bond donors (Lipinski definition) is 0. The number of nitro groups is 1. The van der Waals surface area contributed by atoms with E-state index in [1.54, 1.807) is 0 Å². The maximum atomic E-state index is 12.7. The quantitative estimate of drug-likeness (QED) is 0.462. The maximum absolute atomic E-state index is 12.7. The summed E-state index contributed by atoms with van der Waals surface area (Å²) in [5.41, 5.74) is 0.526. The molecule has 16 heavy (non-hydrogen) atoms. The van der Waals surface area contributed by atoms with Gasteiger partial charge in [0.2, 0.25) is 0 Å². The summed E-state index contributed by atoms with van der Waals surface area (Å²) in [6.07, 6.45) is 0. The lowest BCUT2D eigenvalue weighted by atomic mass is 10.1. The lowest BCUT2D eigenvalue weighted by Gasteiger charge is -2.18. The van der Waals surface area contributed by atoms with Crippen molar-refractivity contribution in [1.82, 2.24) is 0 Å². The van der Waals surface area contributed by atoms with Crippen molar-refractivity contribution in [1.29, 1.82) is 0 Å². The van der Waals surface area contributed by atoms with Crippen LogP contribution >= 0.6 is 11.8 Å². The molecule has 1 rings (SSSR count). The molecular weight excluding hydrogens is 233 g/mol. The van der Waals surface area contributed by atoms with E-state index in [4.69, 9.17) is 0 Å². The normalized spacial score (nSPS) is 11.9. The van der Waals surface area contributed by atoms with E-state index in [2.05, 4.69) is 0 Å². The average molecular weight is 242 g/mol. The second-order valence-corrected chi connectivity index (χ2v) is 4.33. The van der Waals surface area contributed by atoms with Crippen LogP contribution in [0.1, 0.15) is 17.7 Å². The molecule has 86 valence electrons. The number of rotatable bonds is 4. The Kier molecular flexibility index (Phi) is 4.30. The second kappa shape index (κ2) is 5.50. The van der Waals surface area contributed by atoms with Crippen molar-refractivity contribution in [3.63, 3.8) is 0 Å². The summed E-state index contributed by atoms with van der Waals surface area (Å²) < 4.78 is 12.7. The van der Waals surface area contributed by atoms with Crippen molar-refractivity contribution in [2.75, 3.05) is 0 Å². The highest BCUT2D eigenvalue weighted by Crippen LogP contribution is 2.31. The molecule has 0 aromatic heterocycles. The summed E-state index contributed by atoms with van der Waals surface area (Å²) >= 11 is 0.828. The van der Waals surface area contributed by atoms with E-state index in [-0.39, 0.29) is 5.12 Å². The second-order valence-electron chi connectivity index (χ2n) is 3.02. The number of halogens is 1. The van der Waals surface area contributed by atoms with Crippen LogP contribution in [0.3, 0.4) is 0 Å². The number of carbonyl (C=O) groups is 1. The van der Waals surface area contributed by atoms with E-state index in [0.717, 1.165) is 18.3 Å². The molecule has 0 spiro atoms. The zero-order valence-corrected chi connectivity index (χ0v) is 9.24. The van der Waals surface area contributed by atoms with E-state index < -0.39 is 16.0 Å². The number of nitrogens with zero attached hydrogens (tertiary/aromatic N) is 1. The smallest absolute Gasteiger partial charge is 0.184 e. The zero-order valence-electron chi connectivity index (χ0n) is 8.42. The van der Waals surface area contributed by atoms with Crippen LogP contribution in [0.15, 0.2) is 24.3 Å². The monoisotopic (exact) mass is 242 g/mol. The summed E-state index contributed by atoms with van der Waals surface area (Å²) in [4.78, 5) is 20.7. The van der Waals surface area contributed by atoms with Gasteiger partial charge in [0, 0.05) is 6.92 Å². The average Bonchev–Trinajstić information content (AvgIpc) is 2.16. The Morgan fingerprint density at radius 3 is 2.50 bits per heavy atom. The number of thioether (sulfide) groups is 1. The molecule has 4 nitrogen and oxygen atoms in total. The molecular formula is C10H9FNO3S-. The Balaban J connectivity index is 2.86. The lowest BCUT2D eigenvalue weighted by molar-refractivity contribution is -0.437. The Labute approximate surface area is 96.0 Å². The van der Waals surface area contributed by atoms with E-state index in [9.17, 15) is 19.3 Å². The van der Waals surface area contributed by atoms with Crippen LogP contribution in [0.2, 0.25) is 0 Å². The van der Waals surface area contributed by atoms with Crippen LogP contribution < -0.4 is 0 Å². The van der Waals surface area contributed by atoms with Crippen molar-refractivity contribution in [2.24, 2.45) is 0 Å². The Hall–Kier alpha value is -1.56. The highest BCUT2D eigenvalue weighted by molar-refractivity contribution is 8.13. The van der Waals surface area contributed by atoms with Crippen molar-refractivity contribution in [3.8, 4) is 0 Å². The summed E-state index contributed by atoms with van der Waals surface area (Å²) in [5, 5.41) is 9.47. The predicted molar refractivity (Wildman–Crippen MR) is 58.7 cm³/mol. The maximum Gasteiger partial charge on any atom is 0.184 e. The van der Waals surface area contributed by atoms with Crippen LogP contribution in [0.25, 0.3) is 0 Å². The summed E-state index contributed by atoms with van der Waals surface area (Å²) in [6, 6.07) is 5.26. The minimum atomic E-state index is -0.687. The van der Waals surface area contributed by atoms with Crippen LogP contribution in [0.4, 0.5) is 4.39 Å². The highest BCUT2D eigenvalue weighted by atomic mass is 32.2. The minimum Gasteiger partial charge on any atom is -0.295 e. The number of carbonyl (C=O) groups excluding carboxylic acids is 1. The van der Waals surface area contributed by atoms with Gasteiger partial charge in [-0.3, -0.25) is 14.9 Å². The third kappa shape index (κ3) is 3.90. The Bertz CT molecular complexity index is 378. The summed E-state index contributed by atoms with van der Waals surface area (Å²) in [7, 11) is 0. The summed E-state index contributed by atoms with van der Waals surface area (Å²) in [6.45, 7) is 2.15. The zero-order chi connectivity index (χ0) is 12.1. The van der Waals surface area contributed by atoms with Crippen LogP contribution in [-0.2, 0) is 4.79 Å². The molecule has 0 saturated heterocycles. The van der Waals surface area contributed by atoms with Crippen molar-refractivity contribution in [2.45, 2.75) is 12.2 Å². The molecule has 6 heteroatoms. The van der Waals surface area contributed by atoms with Crippen molar-refractivity contribution in [3.05, 3.63) is 52.3 Å². The van der Waals surface area contributed by atoms with Gasteiger partial charge in [-0.2, -0.15) is 0 Å². The molecule has 0 radical (unpaired) electrons. The third-order valence-corrected chi connectivity index (χ3v) is 2.73. The first-order valence-corrected chi connectivity index (χ1v) is 5.28. The van der Waals surface area contributed by atoms with E-state index >= 15 is 0 Å². The molecule has 0 saturated carbocycles. The molecule has 0 aliphatic heterocycles. The molecule has 0 N–H and O–H groups in total. The highest BCUT2D eigenvalue weighted by Gasteiger charge is 2.11. The van der Waals surface area contributed by atoms with Gasteiger partial charge in [0.1, 0.15) is 5.82 Å². The summed E-state index contributed by atoms with van der Waals surface area (Å²) in [5.74, 6) is -0.420. The van der Waals surface area contributed by atoms with Gasteiger partial charge >= 0.3 is 0 Å². The fourth-order valence-corrected chi connectivity index (χ4v) is 1.94. The molecule has 0 aliphatic rings. The van der Waals surface area contributed by atoms with Gasteiger partial charge in [0.15, 0.2) is 5.12 Å². The molecule has 1 aromatic carbocycles. The standard InChI is InChI=1S/C10H9FNO3S/c1-7(13)16-10(6-12(14)15)8-2-4-9(11)5-3-8/h2-6,10H,1H3/q-1. The van der Waals surface area contributed by atoms with Gasteiger partial charge in [-0.1, -0.05) is 17.7 Å². The number of hydrogen-bond acceptors (Lipinski definition) is 4. The van der Waals surface area contributed by atoms with Gasteiger partial charge in [-0.25, -0.2) is 4.39 Å². The van der Waals surface area contributed by atoms with E-state index in [0.29, 0.717) is 5.56 Å². The fourth-order valence-electron chi connectivity index (χ4n) is 1.13. The molecule has 0 amide bonds. The number of benzene rings is 1. The lowest BCUT2D eigenvalue weighted by Crippen LogP contribution is -2.05. The van der Waals surface area contributed by atoms with Gasteiger partial charge in [0.05, 0.1) is 0 Å². The molecule has 1 aromatic rings. The molecule has 0 aliphatic carbocycles.